The molecule has 1 aliphatic carbocycles. The summed E-state index contributed by atoms with van der Waals surface area (Å²) in [6, 6.07) is 13.6. The number of aromatic nitrogens is 7. The number of carbonyl (C=O) groups is 1. The first-order valence-corrected chi connectivity index (χ1v) is 24.2. The van der Waals surface area contributed by atoms with Gasteiger partial charge in [-0.2, -0.15) is 5.10 Å². The number of nitrogens with one attached hydrogen (secondary N) is 1. The normalized spacial score (nSPS) is 24.4. The van der Waals surface area contributed by atoms with E-state index >= 15 is 13.6 Å². The highest BCUT2D eigenvalue weighted by atomic mass is 32.2. The summed E-state index contributed by atoms with van der Waals surface area (Å²) >= 11 is 0. The van der Waals surface area contributed by atoms with Gasteiger partial charge in [-0.05, 0) is 130 Å². The van der Waals surface area contributed by atoms with Crippen LogP contribution in [0.3, 0.4) is 0 Å². The van der Waals surface area contributed by atoms with Crippen molar-refractivity contribution in [3.05, 3.63) is 139 Å². The zero-order valence-corrected chi connectivity index (χ0v) is 38.5. The lowest BCUT2D eigenvalue weighted by atomic mass is 9.83. The summed E-state index contributed by atoms with van der Waals surface area (Å²) in [7, 11) is -2.76. The third-order valence-corrected chi connectivity index (χ3v) is 16.2. The molecule has 0 bridgehead atoms. The van der Waals surface area contributed by atoms with E-state index in [0.717, 1.165) is 29.3 Å². The Morgan fingerprint density at radius 1 is 0.985 bits per heavy atom. The number of nitrogens with zero attached hydrogens (tertiary/aromatic N) is 8. The first kappa shape index (κ1) is 42.2. The topological polar surface area (TPSA) is 168 Å². The van der Waals surface area contributed by atoms with Crippen LogP contribution in [0.5, 0.6) is 0 Å². The Labute approximate surface area is 378 Å². The molecule has 1 saturated carbocycles. The summed E-state index contributed by atoms with van der Waals surface area (Å²) in [4.78, 5) is 47.6. The molecule has 3 aliphatic heterocycles. The lowest BCUT2D eigenvalue weighted by molar-refractivity contribution is -0.0592. The van der Waals surface area contributed by atoms with E-state index in [-0.39, 0.29) is 47.9 Å². The van der Waals surface area contributed by atoms with Crippen molar-refractivity contribution in [1.82, 2.24) is 38.5 Å². The monoisotopic (exact) mass is 917 g/mol. The summed E-state index contributed by atoms with van der Waals surface area (Å²) < 4.78 is 65.5. The molecule has 11 rings (SSSR count). The van der Waals surface area contributed by atoms with Crippen LogP contribution in [-0.4, -0.2) is 73.6 Å². The molecule has 7 aromatic rings. The van der Waals surface area contributed by atoms with Crippen molar-refractivity contribution in [3.8, 4) is 17.2 Å². The minimum absolute atomic E-state index is 0.0129. The van der Waals surface area contributed by atoms with Crippen molar-refractivity contribution < 1.29 is 27.0 Å². The van der Waals surface area contributed by atoms with Crippen LogP contribution in [-0.2, 0) is 33.0 Å². The van der Waals surface area contributed by atoms with Gasteiger partial charge in [0.1, 0.15) is 28.7 Å². The van der Waals surface area contributed by atoms with Crippen LogP contribution in [0.25, 0.3) is 28.1 Å². The Kier molecular flexibility index (Phi) is 9.31. The van der Waals surface area contributed by atoms with E-state index in [9.17, 15) is 13.8 Å². The summed E-state index contributed by atoms with van der Waals surface area (Å²) in [6.45, 7) is 12.5. The maximum Gasteiger partial charge on any atom is 0.438 e. The largest absolute Gasteiger partial charge is 0.438 e. The van der Waals surface area contributed by atoms with E-state index in [4.69, 9.17) is 14.4 Å². The predicted molar refractivity (Wildman–Crippen MR) is 241 cm³/mol. The van der Waals surface area contributed by atoms with Crippen molar-refractivity contribution in [2.24, 2.45) is 10.3 Å². The minimum Gasteiger partial charge on any atom is -0.376 e. The number of hydrogen-bond acceptors (Lipinski definition) is 9. The Morgan fingerprint density at radius 2 is 1.73 bits per heavy atom. The number of aryl methyl sites for hydroxylation is 2. The number of rotatable bonds is 7. The highest BCUT2D eigenvalue weighted by Crippen LogP contribution is 2.56. The third kappa shape index (κ3) is 6.34. The molecule has 1 N–H and O–H groups in total. The molecule has 4 aromatic heterocycles. The van der Waals surface area contributed by atoms with Crippen LogP contribution >= 0.6 is 0 Å². The number of ether oxygens (including phenoxy) is 1. The highest BCUT2D eigenvalue weighted by Gasteiger charge is 2.59. The molecular weight excluding hydrogens is 869 g/mol. The van der Waals surface area contributed by atoms with E-state index in [1.807, 2.05) is 17.6 Å². The summed E-state index contributed by atoms with van der Waals surface area (Å²) in [5.74, 6) is -1.17. The number of aromatic amines is 1. The number of carbonyl (C=O) groups excluding carboxylic acids is 1. The van der Waals surface area contributed by atoms with Gasteiger partial charge in [0.15, 0.2) is 5.82 Å². The van der Waals surface area contributed by atoms with E-state index in [2.05, 4.69) is 53.5 Å². The van der Waals surface area contributed by atoms with E-state index in [0.29, 0.717) is 75.3 Å². The van der Waals surface area contributed by atoms with Crippen LogP contribution in [0, 0.1) is 31.4 Å². The van der Waals surface area contributed by atoms with Crippen LogP contribution in [0.4, 0.5) is 8.78 Å². The molecule has 3 aromatic carbocycles. The van der Waals surface area contributed by atoms with Crippen LogP contribution in [0.15, 0.2) is 84.3 Å². The van der Waals surface area contributed by atoms with E-state index in [1.54, 1.807) is 35.6 Å². The maximum absolute atomic E-state index is 15.9. The predicted octanol–water partition coefficient (Wildman–Crippen LogP) is 7.53. The molecule has 1 unspecified atom stereocenters. The molecule has 18 heteroatoms. The standard InChI is InChI=1S/C48H49F2N9O6S/c1-25-16-33(17-26(2)41(25)50)59-42(57-14-13-56(46(57)62)37-20-32-24-51-66(7,63)39(32)21-34(37)49)40-28(4)55(12-10-35(40)53-59)43(60)38-19-31-18-29(30-11-15-64-47(5,6)23-30)8-9-36(31)58(38)48(22-27(48)3)44-52-45(61)65-54-44/h8-9,13-14,16-21,27-28,30H,10-12,15,22-24H2,1-7H3,(H,52,54,61)/t27-,28-,30-,48-,66?/m0/s1. The van der Waals surface area contributed by atoms with Crippen molar-refractivity contribution >= 4 is 26.5 Å². The number of H-pyrrole nitrogens is 1. The van der Waals surface area contributed by atoms with Crippen LogP contribution in [0.2, 0.25) is 0 Å². The average Bonchev–Trinajstić information content (AvgIpc) is 3.86. The van der Waals surface area contributed by atoms with Gasteiger partial charge in [-0.15, -0.1) is 0 Å². The second kappa shape index (κ2) is 14.5. The molecule has 1 saturated heterocycles. The fraction of sp³-hybridized carbons (Fsp3) is 0.396. The number of imidazole rings is 1. The SMILES string of the molecule is Cc1cc(-n2nc3c(c2-n2ccn(-c4cc5c(cc4F)S(C)(=O)=NC5)c2=O)[C@H](C)N(C(=O)c2cc4cc([C@H]5CCOC(C)(C)C5)ccc4n2[C@@]2(c4noc(=O)[nH]4)C[C@@H]2C)CC3)cc(C)c1F. The lowest BCUT2D eigenvalue weighted by Crippen LogP contribution is -2.41. The van der Waals surface area contributed by atoms with Crippen molar-refractivity contribution in [1.29, 1.82) is 0 Å². The first-order chi connectivity index (χ1) is 31.4. The van der Waals surface area contributed by atoms with Gasteiger partial charge in [-0.25, -0.2) is 31.6 Å². The fourth-order valence-electron chi connectivity index (χ4n) is 10.9. The van der Waals surface area contributed by atoms with Crippen molar-refractivity contribution in [2.75, 3.05) is 19.4 Å². The second-order valence-electron chi connectivity index (χ2n) is 19.2. The Hall–Kier alpha value is -6.40. The quantitative estimate of drug-likeness (QED) is 0.171. The number of benzene rings is 3. The van der Waals surface area contributed by atoms with E-state index in [1.165, 1.54) is 39.9 Å². The molecule has 342 valence electrons. The second-order valence-corrected chi connectivity index (χ2v) is 21.5. The highest BCUT2D eigenvalue weighted by molar-refractivity contribution is 7.93. The molecule has 0 spiro atoms. The fourth-order valence-corrected chi connectivity index (χ4v) is 12.4. The van der Waals surface area contributed by atoms with Gasteiger partial charge >= 0.3 is 11.4 Å². The third-order valence-electron chi connectivity index (χ3n) is 14.4. The number of hydrogen-bond donors (Lipinski definition) is 1. The van der Waals surface area contributed by atoms with Gasteiger partial charge in [0, 0.05) is 54.7 Å². The number of halogens is 2. The summed E-state index contributed by atoms with van der Waals surface area (Å²) in [6.07, 6.45) is 7.09. The van der Waals surface area contributed by atoms with Gasteiger partial charge in [-0.1, -0.05) is 18.1 Å². The number of fused-ring (bicyclic) bond motifs is 3. The molecular formula is C48H49F2N9O6S. The van der Waals surface area contributed by atoms with Crippen LogP contribution < -0.4 is 11.4 Å². The molecule has 0 radical (unpaired) electrons. The van der Waals surface area contributed by atoms with E-state index < -0.39 is 38.6 Å². The molecule has 5 atom stereocenters. The van der Waals surface area contributed by atoms with Crippen molar-refractivity contribution in [2.45, 2.75) is 102 Å². The average molecular weight is 918 g/mol. The summed E-state index contributed by atoms with van der Waals surface area (Å²) in [5.41, 5.74) is 3.63. The van der Waals surface area contributed by atoms with Crippen LogP contribution in [0.1, 0.15) is 109 Å². The van der Waals surface area contributed by atoms with Gasteiger partial charge in [0.2, 0.25) is 0 Å². The van der Waals surface area contributed by atoms with Gasteiger partial charge in [0.25, 0.3) is 5.91 Å². The smallest absolute Gasteiger partial charge is 0.376 e. The lowest BCUT2D eigenvalue weighted by Gasteiger charge is -2.35. The molecule has 15 nitrogen and oxygen atoms in total. The Bertz CT molecular complexity index is 3450. The van der Waals surface area contributed by atoms with Crippen molar-refractivity contribution in [3.63, 3.8) is 0 Å². The zero-order valence-electron chi connectivity index (χ0n) is 37.6. The maximum atomic E-state index is 15.9. The van der Waals surface area contributed by atoms with Gasteiger partial charge in [-0.3, -0.25) is 23.4 Å². The minimum atomic E-state index is -2.76. The molecule has 66 heavy (non-hydrogen) atoms. The Balaban J connectivity index is 1.05. The molecule has 7 heterocycles. The summed E-state index contributed by atoms with van der Waals surface area (Å²) in [5, 5.41) is 10.1. The molecule has 4 aliphatic rings. The Morgan fingerprint density at radius 3 is 2.42 bits per heavy atom. The zero-order chi connectivity index (χ0) is 46.4. The first-order valence-electron chi connectivity index (χ1n) is 22.2. The van der Waals surface area contributed by atoms with Gasteiger partial charge in [0.05, 0.1) is 49.9 Å². The molecule has 1 amide bonds. The molecule has 2 fully saturated rings. The van der Waals surface area contributed by atoms with Gasteiger partial charge < -0.3 is 14.2 Å². The number of amides is 1.